The number of carbonyl (C=O) groups excluding carboxylic acids is 2. The van der Waals surface area contributed by atoms with Crippen LogP contribution in [0.1, 0.15) is 39.1 Å². The van der Waals surface area contributed by atoms with Gasteiger partial charge in [-0.2, -0.15) is 0 Å². The second kappa shape index (κ2) is 9.09. The topological polar surface area (TPSA) is 107 Å². The number of benzene rings is 3. The van der Waals surface area contributed by atoms with Gasteiger partial charge in [-0.05, 0) is 56.3 Å². The van der Waals surface area contributed by atoms with Gasteiger partial charge in [0.05, 0.1) is 39.8 Å². The highest BCUT2D eigenvalue weighted by Crippen LogP contribution is 2.38. The Balaban J connectivity index is 1.68. The fourth-order valence-corrected chi connectivity index (χ4v) is 5.76. The largest absolute Gasteiger partial charge is 0.462 e. The number of carbonyl (C=O) groups is 2. The van der Waals surface area contributed by atoms with Crippen molar-refractivity contribution in [1.29, 1.82) is 0 Å². The van der Waals surface area contributed by atoms with Crippen LogP contribution in [0, 0.1) is 6.92 Å². The van der Waals surface area contributed by atoms with Gasteiger partial charge < -0.3 is 14.1 Å². The summed E-state index contributed by atoms with van der Waals surface area (Å²) in [4.78, 5) is 32.0. The molecule has 0 bridgehead atoms. The van der Waals surface area contributed by atoms with E-state index >= 15 is 0 Å². The van der Waals surface area contributed by atoms with Crippen molar-refractivity contribution in [2.75, 3.05) is 11.5 Å². The van der Waals surface area contributed by atoms with Crippen LogP contribution in [-0.2, 0) is 21.1 Å². The van der Waals surface area contributed by atoms with E-state index in [1.165, 1.54) is 35.2 Å². The van der Waals surface area contributed by atoms with Crippen molar-refractivity contribution >= 4 is 27.4 Å². The maximum absolute atomic E-state index is 13.8. The summed E-state index contributed by atoms with van der Waals surface area (Å²) in [6.45, 7) is 3.50. The summed E-state index contributed by atoms with van der Waals surface area (Å²) in [6, 6.07) is 19.5. The molecule has 2 heterocycles. The van der Waals surface area contributed by atoms with Gasteiger partial charge in [0, 0.05) is 5.56 Å². The van der Waals surface area contributed by atoms with Crippen molar-refractivity contribution in [2.45, 2.75) is 30.2 Å². The number of hydrogen-bond acceptors (Lipinski definition) is 7. The molecule has 8 nitrogen and oxygen atoms in total. The Morgan fingerprint density at radius 3 is 2.47 bits per heavy atom. The van der Waals surface area contributed by atoms with Gasteiger partial charge in [-0.25, -0.2) is 18.2 Å². The molecule has 1 aliphatic rings. The van der Waals surface area contributed by atoms with Gasteiger partial charge in [-0.15, -0.1) is 0 Å². The zero-order valence-electron chi connectivity index (χ0n) is 19.6. The first-order valence-corrected chi connectivity index (χ1v) is 12.8. The molecule has 0 fully saturated rings. The van der Waals surface area contributed by atoms with Crippen molar-refractivity contribution in [3.8, 4) is 11.5 Å². The highest BCUT2D eigenvalue weighted by Gasteiger charge is 2.36. The van der Waals surface area contributed by atoms with E-state index in [1.807, 2.05) is 30.3 Å². The quantitative estimate of drug-likeness (QED) is 0.360. The molecule has 3 aromatic carbocycles. The molecule has 0 saturated carbocycles. The number of hydrogen-bond donors (Lipinski definition) is 0. The van der Waals surface area contributed by atoms with Crippen molar-refractivity contribution in [3.63, 3.8) is 0 Å². The standard InChI is InChI=1S/C27H22N2O6S/c1-3-34-27(31)19-13-14-24-22(15-19)29(26(30)20-11-7-8-12-23(20)36(24,32)33)16-21-17(2)35-25(28-21)18-9-5-4-6-10-18/h4-15H,3,16H2,1-2H3. The molecule has 9 heteroatoms. The second-order valence-corrected chi connectivity index (χ2v) is 10.1. The van der Waals surface area contributed by atoms with Crippen LogP contribution in [0.5, 0.6) is 0 Å². The Bertz CT molecular complexity index is 1590. The van der Waals surface area contributed by atoms with E-state index in [1.54, 1.807) is 26.0 Å². The van der Waals surface area contributed by atoms with Crippen LogP contribution >= 0.6 is 0 Å². The summed E-state index contributed by atoms with van der Waals surface area (Å²) >= 11 is 0. The molecular weight excluding hydrogens is 480 g/mol. The number of aromatic nitrogens is 1. The summed E-state index contributed by atoms with van der Waals surface area (Å²) in [5.41, 5.74) is 1.48. The van der Waals surface area contributed by atoms with Crippen LogP contribution in [0.25, 0.3) is 11.5 Å². The maximum Gasteiger partial charge on any atom is 0.338 e. The molecular formula is C27H22N2O6S. The zero-order valence-corrected chi connectivity index (χ0v) is 20.4. The second-order valence-electron chi connectivity index (χ2n) is 8.18. The molecule has 0 aliphatic carbocycles. The minimum atomic E-state index is -4.06. The molecule has 0 saturated heterocycles. The van der Waals surface area contributed by atoms with Crippen LogP contribution in [0.4, 0.5) is 5.69 Å². The maximum atomic E-state index is 13.8. The van der Waals surface area contributed by atoms with E-state index in [-0.39, 0.29) is 39.8 Å². The van der Waals surface area contributed by atoms with E-state index in [2.05, 4.69) is 4.98 Å². The average molecular weight is 503 g/mol. The molecule has 0 atom stereocenters. The van der Waals surface area contributed by atoms with Gasteiger partial charge in [-0.3, -0.25) is 4.79 Å². The molecule has 0 unspecified atom stereocenters. The molecule has 182 valence electrons. The van der Waals surface area contributed by atoms with Crippen molar-refractivity contribution in [1.82, 2.24) is 4.98 Å². The summed E-state index contributed by atoms with van der Waals surface area (Å²) in [5.74, 6) is -0.266. The normalized spacial score (nSPS) is 14.1. The molecule has 5 rings (SSSR count). The first-order chi connectivity index (χ1) is 17.3. The fraction of sp³-hybridized carbons (Fsp3) is 0.148. The number of esters is 1. The van der Waals surface area contributed by atoms with Gasteiger partial charge in [0.2, 0.25) is 15.7 Å². The number of anilines is 1. The third-order valence-corrected chi connectivity index (χ3v) is 7.78. The Morgan fingerprint density at radius 1 is 1.00 bits per heavy atom. The van der Waals surface area contributed by atoms with Crippen LogP contribution in [-0.4, -0.2) is 31.9 Å². The Morgan fingerprint density at radius 2 is 1.72 bits per heavy atom. The highest BCUT2D eigenvalue weighted by molar-refractivity contribution is 7.91. The Hall–Kier alpha value is -4.24. The predicted molar refractivity (Wildman–Crippen MR) is 131 cm³/mol. The van der Waals surface area contributed by atoms with E-state index in [0.717, 1.165) is 5.56 Å². The van der Waals surface area contributed by atoms with Gasteiger partial charge in [0.1, 0.15) is 11.5 Å². The molecule has 1 amide bonds. The SMILES string of the molecule is CCOC(=O)c1ccc2c(c1)N(Cc1nc(-c3ccccc3)oc1C)C(=O)c1ccccc1S2(=O)=O. The van der Waals surface area contributed by atoms with Gasteiger partial charge >= 0.3 is 5.97 Å². The van der Waals surface area contributed by atoms with Crippen molar-refractivity contribution < 1.29 is 27.2 Å². The summed E-state index contributed by atoms with van der Waals surface area (Å²) < 4.78 is 38.1. The van der Waals surface area contributed by atoms with Crippen molar-refractivity contribution in [3.05, 3.63) is 95.4 Å². The summed E-state index contributed by atoms with van der Waals surface area (Å²) in [5, 5.41) is 0. The first kappa shape index (κ1) is 23.5. The molecule has 36 heavy (non-hydrogen) atoms. The van der Waals surface area contributed by atoms with Crippen LogP contribution in [0.3, 0.4) is 0 Å². The van der Waals surface area contributed by atoms with Crippen molar-refractivity contribution in [2.24, 2.45) is 0 Å². The molecule has 0 radical (unpaired) electrons. The first-order valence-electron chi connectivity index (χ1n) is 11.3. The lowest BCUT2D eigenvalue weighted by atomic mass is 10.1. The lowest BCUT2D eigenvalue weighted by Crippen LogP contribution is -2.31. The number of rotatable bonds is 5. The highest BCUT2D eigenvalue weighted by atomic mass is 32.2. The fourth-order valence-electron chi connectivity index (χ4n) is 4.13. The van der Waals surface area contributed by atoms with E-state index < -0.39 is 21.7 Å². The average Bonchev–Trinajstić information content (AvgIpc) is 3.24. The Labute approximate surface area is 208 Å². The van der Waals surface area contributed by atoms with Crippen LogP contribution < -0.4 is 4.90 Å². The number of fused-ring (bicyclic) bond motifs is 2. The van der Waals surface area contributed by atoms with E-state index in [0.29, 0.717) is 17.3 Å². The van der Waals surface area contributed by atoms with Crippen LogP contribution in [0.2, 0.25) is 0 Å². The lowest BCUT2D eigenvalue weighted by Gasteiger charge is -2.22. The number of aryl methyl sites for hydroxylation is 1. The summed E-state index contributed by atoms with van der Waals surface area (Å²) in [7, 11) is -4.06. The minimum Gasteiger partial charge on any atom is -0.462 e. The van der Waals surface area contributed by atoms with E-state index in [4.69, 9.17) is 9.15 Å². The molecule has 0 N–H and O–H groups in total. The molecule has 1 aromatic heterocycles. The molecule has 1 aliphatic heterocycles. The number of ether oxygens (including phenoxy) is 1. The summed E-state index contributed by atoms with van der Waals surface area (Å²) in [6.07, 6.45) is 0. The van der Waals surface area contributed by atoms with Gasteiger partial charge in [0.15, 0.2) is 0 Å². The zero-order chi connectivity index (χ0) is 25.4. The lowest BCUT2D eigenvalue weighted by molar-refractivity contribution is 0.0526. The monoisotopic (exact) mass is 502 g/mol. The minimum absolute atomic E-state index is 0.0378. The smallest absolute Gasteiger partial charge is 0.338 e. The number of nitrogens with zero attached hydrogens (tertiary/aromatic N) is 2. The predicted octanol–water partition coefficient (Wildman–Crippen LogP) is 4.82. The molecule has 0 spiro atoms. The molecule has 4 aromatic rings. The van der Waals surface area contributed by atoms with E-state index in [9.17, 15) is 18.0 Å². The third-order valence-electron chi connectivity index (χ3n) is 5.92. The van der Waals surface area contributed by atoms with Gasteiger partial charge in [0.25, 0.3) is 5.91 Å². The number of amides is 1. The number of sulfone groups is 1. The third kappa shape index (κ3) is 3.97. The number of oxazole rings is 1. The Kier molecular flexibility index (Phi) is 5.93. The van der Waals surface area contributed by atoms with Crippen LogP contribution in [0.15, 0.2) is 87.0 Å². The van der Waals surface area contributed by atoms with Gasteiger partial charge in [-0.1, -0.05) is 30.3 Å².